The maximum atomic E-state index is 5.36. The molecule has 2 aromatic rings. The molecule has 102 valence electrons. The second-order valence-corrected chi connectivity index (χ2v) is 4.90. The first-order chi connectivity index (χ1) is 9.28. The Morgan fingerprint density at radius 2 is 2.16 bits per heavy atom. The number of likely N-dealkylation sites (N-methyl/N-ethyl adjacent to an activating group) is 1. The molecule has 0 aliphatic heterocycles. The van der Waals surface area contributed by atoms with E-state index in [1.54, 1.807) is 25.6 Å². The zero-order valence-electron chi connectivity index (χ0n) is 11.2. The van der Waals surface area contributed by atoms with E-state index in [9.17, 15) is 0 Å². The first-order valence-electron chi connectivity index (χ1n) is 5.92. The van der Waals surface area contributed by atoms with Gasteiger partial charge in [0.05, 0.1) is 25.1 Å². The first kappa shape index (κ1) is 13.8. The molecule has 0 fully saturated rings. The molecule has 1 N–H and O–H groups in total. The topological polar surface area (TPSA) is 56.3 Å². The van der Waals surface area contributed by atoms with Crippen molar-refractivity contribution < 1.29 is 9.47 Å². The Morgan fingerprint density at radius 1 is 1.32 bits per heavy atom. The van der Waals surface area contributed by atoms with Crippen LogP contribution in [-0.4, -0.2) is 31.2 Å². The van der Waals surface area contributed by atoms with Crippen LogP contribution in [0.3, 0.4) is 0 Å². The molecular formula is C13H17N3O2S. The van der Waals surface area contributed by atoms with Gasteiger partial charge in [0, 0.05) is 18.2 Å². The number of hydrogen-bond acceptors (Lipinski definition) is 6. The Labute approximate surface area is 116 Å². The molecule has 0 aromatic carbocycles. The van der Waals surface area contributed by atoms with Crippen molar-refractivity contribution in [3.8, 4) is 11.6 Å². The minimum atomic E-state index is 0.162. The summed E-state index contributed by atoms with van der Waals surface area (Å²) in [6.07, 6.45) is 2.28. The lowest BCUT2D eigenvalue weighted by Gasteiger charge is -2.16. The number of nitrogens with zero attached hydrogens (tertiary/aromatic N) is 2. The summed E-state index contributed by atoms with van der Waals surface area (Å²) in [6, 6.07) is 3.99. The van der Waals surface area contributed by atoms with Crippen LogP contribution in [0.1, 0.15) is 16.6 Å². The highest BCUT2D eigenvalue weighted by atomic mass is 32.1. The zero-order chi connectivity index (χ0) is 13.7. The summed E-state index contributed by atoms with van der Waals surface area (Å²) in [6.45, 7) is 0. The van der Waals surface area contributed by atoms with Gasteiger partial charge in [0.15, 0.2) is 0 Å². The largest absolute Gasteiger partial charge is 0.496 e. The molecule has 1 atom stereocenters. The van der Waals surface area contributed by atoms with E-state index in [1.165, 1.54) is 11.2 Å². The Morgan fingerprint density at radius 3 is 2.84 bits per heavy atom. The van der Waals surface area contributed by atoms with Crippen LogP contribution in [-0.2, 0) is 6.42 Å². The van der Waals surface area contributed by atoms with Crippen LogP contribution < -0.4 is 14.8 Å². The highest BCUT2D eigenvalue weighted by Crippen LogP contribution is 2.32. The lowest BCUT2D eigenvalue weighted by molar-refractivity contribution is 0.394. The third-order valence-corrected chi connectivity index (χ3v) is 3.87. The van der Waals surface area contributed by atoms with Gasteiger partial charge in [-0.2, -0.15) is 0 Å². The molecule has 0 aliphatic rings. The van der Waals surface area contributed by atoms with E-state index in [1.807, 2.05) is 24.6 Å². The molecule has 0 spiro atoms. The third-order valence-electron chi connectivity index (χ3n) is 2.86. The predicted molar refractivity (Wildman–Crippen MR) is 75.0 cm³/mol. The van der Waals surface area contributed by atoms with Crippen LogP contribution in [0.4, 0.5) is 0 Å². The van der Waals surface area contributed by atoms with Gasteiger partial charge in [0.25, 0.3) is 0 Å². The number of hydrogen-bond donors (Lipinski definition) is 1. The fourth-order valence-corrected chi connectivity index (χ4v) is 2.84. The van der Waals surface area contributed by atoms with Gasteiger partial charge in [-0.15, -0.1) is 11.3 Å². The van der Waals surface area contributed by atoms with Crippen LogP contribution in [0.2, 0.25) is 0 Å². The highest BCUT2D eigenvalue weighted by molar-refractivity contribution is 7.10. The Kier molecular flexibility index (Phi) is 4.70. The molecule has 0 amide bonds. The van der Waals surface area contributed by atoms with Gasteiger partial charge in [-0.05, 0) is 18.5 Å². The van der Waals surface area contributed by atoms with Gasteiger partial charge in [-0.25, -0.2) is 9.97 Å². The van der Waals surface area contributed by atoms with E-state index in [0.717, 1.165) is 17.9 Å². The number of rotatable bonds is 6. The SMILES string of the molecule is CNC(Cc1cc(OC)ncn1)c1sccc1OC. The molecular weight excluding hydrogens is 262 g/mol. The minimum absolute atomic E-state index is 0.162. The highest BCUT2D eigenvalue weighted by Gasteiger charge is 2.17. The van der Waals surface area contributed by atoms with E-state index in [0.29, 0.717) is 5.88 Å². The average Bonchev–Trinajstić information content (AvgIpc) is 2.93. The van der Waals surface area contributed by atoms with Crippen molar-refractivity contribution in [1.82, 2.24) is 15.3 Å². The van der Waals surface area contributed by atoms with Gasteiger partial charge in [-0.1, -0.05) is 0 Å². The van der Waals surface area contributed by atoms with E-state index in [-0.39, 0.29) is 6.04 Å². The van der Waals surface area contributed by atoms with Crippen LogP contribution in [0, 0.1) is 0 Å². The normalized spacial score (nSPS) is 12.2. The van der Waals surface area contributed by atoms with Crippen molar-refractivity contribution in [3.05, 3.63) is 34.4 Å². The molecule has 0 bridgehead atoms. The summed E-state index contributed by atoms with van der Waals surface area (Å²) < 4.78 is 10.5. The van der Waals surface area contributed by atoms with Crippen molar-refractivity contribution in [3.63, 3.8) is 0 Å². The van der Waals surface area contributed by atoms with E-state index >= 15 is 0 Å². The number of thiophene rings is 1. The molecule has 19 heavy (non-hydrogen) atoms. The smallest absolute Gasteiger partial charge is 0.216 e. The second kappa shape index (κ2) is 6.49. The second-order valence-electron chi connectivity index (χ2n) is 3.95. The summed E-state index contributed by atoms with van der Waals surface area (Å²) in [5.74, 6) is 1.49. The van der Waals surface area contributed by atoms with Gasteiger partial charge >= 0.3 is 0 Å². The number of methoxy groups -OCH3 is 2. The molecule has 6 heteroatoms. The maximum absolute atomic E-state index is 5.36. The van der Waals surface area contributed by atoms with Gasteiger partial charge in [0.1, 0.15) is 12.1 Å². The lowest BCUT2D eigenvalue weighted by Crippen LogP contribution is -2.19. The van der Waals surface area contributed by atoms with Gasteiger partial charge < -0.3 is 14.8 Å². The summed E-state index contributed by atoms with van der Waals surface area (Å²) in [4.78, 5) is 9.45. The van der Waals surface area contributed by atoms with Crippen molar-refractivity contribution in [1.29, 1.82) is 0 Å². The van der Waals surface area contributed by atoms with Crippen molar-refractivity contribution >= 4 is 11.3 Å². The molecule has 0 saturated carbocycles. The number of ether oxygens (including phenoxy) is 2. The Bertz CT molecular complexity index is 530. The first-order valence-corrected chi connectivity index (χ1v) is 6.80. The molecule has 0 radical (unpaired) electrons. The van der Waals surface area contributed by atoms with Crippen LogP contribution in [0.25, 0.3) is 0 Å². The van der Waals surface area contributed by atoms with E-state index in [2.05, 4.69) is 15.3 Å². The Balaban J connectivity index is 2.19. The average molecular weight is 279 g/mol. The third kappa shape index (κ3) is 3.21. The van der Waals surface area contributed by atoms with Gasteiger partial charge in [0.2, 0.25) is 5.88 Å². The number of nitrogens with one attached hydrogen (secondary N) is 1. The van der Waals surface area contributed by atoms with Gasteiger partial charge in [-0.3, -0.25) is 0 Å². The molecule has 0 saturated heterocycles. The monoisotopic (exact) mass is 279 g/mol. The summed E-state index contributed by atoms with van der Waals surface area (Å²) in [5, 5.41) is 5.32. The summed E-state index contributed by atoms with van der Waals surface area (Å²) in [7, 11) is 5.22. The molecule has 2 rings (SSSR count). The molecule has 2 heterocycles. The van der Waals surface area contributed by atoms with Crippen molar-refractivity contribution in [2.75, 3.05) is 21.3 Å². The fraction of sp³-hybridized carbons (Fsp3) is 0.385. The van der Waals surface area contributed by atoms with E-state index < -0.39 is 0 Å². The number of aromatic nitrogens is 2. The van der Waals surface area contributed by atoms with Crippen LogP contribution in [0.15, 0.2) is 23.8 Å². The van der Waals surface area contributed by atoms with E-state index in [4.69, 9.17) is 9.47 Å². The molecule has 0 aliphatic carbocycles. The maximum Gasteiger partial charge on any atom is 0.216 e. The quantitative estimate of drug-likeness (QED) is 0.877. The molecule has 1 unspecified atom stereocenters. The fourth-order valence-electron chi connectivity index (χ4n) is 1.87. The summed E-state index contributed by atoms with van der Waals surface area (Å²) in [5.41, 5.74) is 0.932. The lowest BCUT2D eigenvalue weighted by atomic mass is 10.1. The predicted octanol–water partition coefficient (Wildman–Crippen LogP) is 2.06. The summed E-state index contributed by atoms with van der Waals surface area (Å²) >= 11 is 1.67. The Hall–Kier alpha value is -1.66. The van der Waals surface area contributed by atoms with Crippen LogP contribution in [0.5, 0.6) is 11.6 Å². The minimum Gasteiger partial charge on any atom is -0.496 e. The zero-order valence-corrected chi connectivity index (χ0v) is 12.0. The van der Waals surface area contributed by atoms with Crippen molar-refractivity contribution in [2.45, 2.75) is 12.5 Å². The van der Waals surface area contributed by atoms with Crippen molar-refractivity contribution in [2.24, 2.45) is 0 Å². The van der Waals surface area contributed by atoms with Crippen LogP contribution >= 0.6 is 11.3 Å². The standard InChI is InChI=1S/C13H17N3O2S/c1-14-10(13-11(17-2)4-5-19-13)6-9-7-12(18-3)16-8-15-9/h4-5,7-8,10,14H,6H2,1-3H3. The molecule has 2 aromatic heterocycles. The molecule has 5 nitrogen and oxygen atoms in total.